The molecule has 0 amide bonds. The molecule has 0 aliphatic rings. The van der Waals surface area contributed by atoms with E-state index in [1.54, 1.807) is 12.1 Å². The van der Waals surface area contributed by atoms with Crippen molar-refractivity contribution < 1.29 is 13.2 Å². The Kier molecular flexibility index (Phi) is 5.66. The largest absolute Gasteiger partial charge is 0.416 e. The van der Waals surface area contributed by atoms with Gasteiger partial charge in [-0.2, -0.15) is 13.2 Å². The zero-order valence-electron chi connectivity index (χ0n) is 10.8. The highest BCUT2D eigenvalue weighted by Gasteiger charge is 2.30. The van der Waals surface area contributed by atoms with Crippen LogP contribution in [0.25, 0.3) is 0 Å². The van der Waals surface area contributed by atoms with Gasteiger partial charge in [-0.1, -0.05) is 38.3 Å². The maximum atomic E-state index is 12.4. The number of halogens is 3. The fourth-order valence-corrected chi connectivity index (χ4v) is 1.98. The molecule has 0 unspecified atom stereocenters. The number of hydrogen-bond acceptors (Lipinski definition) is 1. The van der Waals surface area contributed by atoms with Crippen LogP contribution < -0.4 is 5.32 Å². The van der Waals surface area contributed by atoms with E-state index >= 15 is 0 Å². The topological polar surface area (TPSA) is 12.0 Å². The number of unbranched alkanes of at least 4 members (excludes halogenated alkanes) is 2. The number of hydrogen-bond donors (Lipinski definition) is 1. The Hall–Kier alpha value is -1.03. The summed E-state index contributed by atoms with van der Waals surface area (Å²) in [7, 11) is 1.84. The summed E-state index contributed by atoms with van der Waals surface area (Å²) in [5.74, 6) is 0. The minimum atomic E-state index is -4.25. The highest BCUT2D eigenvalue weighted by atomic mass is 19.4. The highest BCUT2D eigenvalue weighted by Crippen LogP contribution is 2.30. The van der Waals surface area contributed by atoms with Crippen LogP contribution in [0.5, 0.6) is 0 Å². The highest BCUT2D eigenvalue weighted by molar-refractivity contribution is 5.26. The lowest BCUT2D eigenvalue weighted by molar-refractivity contribution is -0.137. The van der Waals surface area contributed by atoms with E-state index in [0.717, 1.165) is 43.4 Å². The second kappa shape index (κ2) is 6.78. The molecule has 102 valence electrons. The van der Waals surface area contributed by atoms with Crippen LogP contribution in [0.2, 0.25) is 0 Å². The van der Waals surface area contributed by atoms with Crippen molar-refractivity contribution in [3.05, 3.63) is 35.4 Å². The Morgan fingerprint density at radius 3 is 2.17 bits per heavy atom. The lowest BCUT2D eigenvalue weighted by Crippen LogP contribution is -2.16. The molecule has 18 heavy (non-hydrogen) atoms. The maximum absolute atomic E-state index is 12.4. The monoisotopic (exact) mass is 259 g/mol. The van der Waals surface area contributed by atoms with Crippen LogP contribution in [0.15, 0.2) is 24.3 Å². The van der Waals surface area contributed by atoms with Gasteiger partial charge < -0.3 is 5.32 Å². The van der Waals surface area contributed by atoms with Gasteiger partial charge in [0, 0.05) is 6.04 Å². The third kappa shape index (κ3) is 4.33. The predicted molar refractivity (Wildman–Crippen MR) is 67.4 cm³/mol. The van der Waals surface area contributed by atoms with Gasteiger partial charge in [0.25, 0.3) is 0 Å². The zero-order valence-corrected chi connectivity index (χ0v) is 10.8. The van der Waals surface area contributed by atoms with Crippen molar-refractivity contribution in [2.24, 2.45) is 0 Å². The quantitative estimate of drug-likeness (QED) is 0.739. The average Bonchev–Trinajstić information content (AvgIpc) is 2.34. The van der Waals surface area contributed by atoms with Gasteiger partial charge in [-0.15, -0.1) is 0 Å². The first kappa shape index (κ1) is 15.0. The molecular weight excluding hydrogens is 239 g/mol. The van der Waals surface area contributed by atoms with Crippen LogP contribution in [0.4, 0.5) is 13.2 Å². The van der Waals surface area contributed by atoms with E-state index in [9.17, 15) is 13.2 Å². The van der Waals surface area contributed by atoms with Crippen LogP contribution in [-0.4, -0.2) is 7.05 Å². The molecule has 1 N–H and O–H groups in total. The summed E-state index contributed by atoms with van der Waals surface area (Å²) in [4.78, 5) is 0. The van der Waals surface area contributed by atoms with Crippen molar-refractivity contribution in [1.82, 2.24) is 5.32 Å². The van der Waals surface area contributed by atoms with Crippen LogP contribution in [0.3, 0.4) is 0 Å². The lowest BCUT2D eigenvalue weighted by atomic mass is 9.99. The predicted octanol–water partition coefficient (Wildman–Crippen LogP) is 4.55. The van der Waals surface area contributed by atoms with Gasteiger partial charge in [0.1, 0.15) is 0 Å². The number of rotatable bonds is 6. The van der Waals surface area contributed by atoms with Gasteiger partial charge in [-0.05, 0) is 31.2 Å². The van der Waals surface area contributed by atoms with Crippen molar-refractivity contribution in [3.8, 4) is 0 Å². The lowest BCUT2D eigenvalue weighted by Gasteiger charge is -2.17. The van der Waals surface area contributed by atoms with Crippen LogP contribution >= 0.6 is 0 Å². The van der Waals surface area contributed by atoms with E-state index in [2.05, 4.69) is 12.2 Å². The fourth-order valence-electron chi connectivity index (χ4n) is 1.98. The first-order valence-electron chi connectivity index (χ1n) is 6.33. The normalized spacial score (nSPS) is 13.6. The summed E-state index contributed by atoms with van der Waals surface area (Å²) in [5.41, 5.74) is 0.330. The van der Waals surface area contributed by atoms with Gasteiger partial charge >= 0.3 is 6.18 Å². The van der Waals surface area contributed by atoms with E-state index in [1.165, 1.54) is 0 Å². The fraction of sp³-hybridized carbons (Fsp3) is 0.571. The van der Waals surface area contributed by atoms with Crippen molar-refractivity contribution in [3.63, 3.8) is 0 Å². The Morgan fingerprint density at radius 2 is 1.72 bits per heavy atom. The summed E-state index contributed by atoms with van der Waals surface area (Å²) in [5, 5.41) is 3.15. The SMILES string of the molecule is CCCCC[C@H](NC)c1ccc(C(F)(F)F)cc1. The molecule has 1 nitrogen and oxygen atoms in total. The first-order valence-corrected chi connectivity index (χ1v) is 6.33. The standard InChI is InChI=1S/C14H20F3N/c1-3-4-5-6-13(18-2)11-7-9-12(10-8-11)14(15,16)17/h7-10,13,18H,3-6H2,1-2H3/t13-/m0/s1. The molecule has 0 fully saturated rings. The first-order chi connectivity index (χ1) is 8.49. The third-order valence-electron chi connectivity index (χ3n) is 3.09. The molecule has 0 saturated heterocycles. The summed E-state index contributed by atoms with van der Waals surface area (Å²) in [6, 6.07) is 5.57. The Morgan fingerprint density at radius 1 is 1.11 bits per heavy atom. The number of alkyl halides is 3. The van der Waals surface area contributed by atoms with Crippen LogP contribution in [-0.2, 0) is 6.18 Å². The smallest absolute Gasteiger partial charge is 0.313 e. The van der Waals surface area contributed by atoms with Gasteiger partial charge in [0.05, 0.1) is 5.56 Å². The van der Waals surface area contributed by atoms with E-state index < -0.39 is 11.7 Å². The molecular formula is C14H20F3N. The molecule has 0 radical (unpaired) electrons. The number of benzene rings is 1. The van der Waals surface area contributed by atoms with E-state index in [-0.39, 0.29) is 6.04 Å². The average molecular weight is 259 g/mol. The van der Waals surface area contributed by atoms with Crippen molar-refractivity contribution >= 4 is 0 Å². The third-order valence-corrected chi connectivity index (χ3v) is 3.09. The summed E-state index contributed by atoms with van der Waals surface area (Å²) >= 11 is 0. The summed E-state index contributed by atoms with van der Waals surface area (Å²) in [6.07, 6.45) is 0.0802. The molecule has 0 aromatic heterocycles. The van der Waals surface area contributed by atoms with E-state index in [4.69, 9.17) is 0 Å². The summed E-state index contributed by atoms with van der Waals surface area (Å²) in [6.45, 7) is 2.13. The molecule has 1 aromatic carbocycles. The molecule has 0 aliphatic carbocycles. The molecule has 4 heteroatoms. The molecule has 0 saturated carbocycles. The molecule has 0 aliphatic heterocycles. The molecule has 1 atom stereocenters. The van der Waals surface area contributed by atoms with Crippen LogP contribution in [0, 0.1) is 0 Å². The minimum Gasteiger partial charge on any atom is -0.313 e. The molecule has 0 spiro atoms. The molecule has 1 rings (SSSR count). The van der Waals surface area contributed by atoms with Gasteiger partial charge in [0.15, 0.2) is 0 Å². The second-order valence-electron chi connectivity index (χ2n) is 4.46. The van der Waals surface area contributed by atoms with Gasteiger partial charge in [0.2, 0.25) is 0 Å². The molecule has 0 bridgehead atoms. The van der Waals surface area contributed by atoms with Crippen molar-refractivity contribution in [2.75, 3.05) is 7.05 Å². The van der Waals surface area contributed by atoms with Crippen molar-refractivity contribution in [1.29, 1.82) is 0 Å². The van der Waals surface area contributed by atoms with E-state index in [0.29, 0.717) is 0 Å². The molecule has 0 heterocycles. The Labute approximate surface area is 106 Å². The summed E-state index contributed by atoms with van der Waals surface area (Å²) < 4.78 is 37.3. The maximum Gasteiger partial charge on any atom is 0.416 e. The number of nitrogens with one attached hydrogen (secondary N) is 1. The van der Waals surface area contributed by atoms with Crippen LogP contribution in [0.1, 0.15) is 49.8 Å². The van der Waals surface area contributed by atoms with Gasteiger partial charge in [-0.25, -0.2) is 0 Å². The van der Waals surface area contributed by atoms with Crippen molar-refractivity contribution in [2.45, 2.75) is 44.8 Å². The Balaban J connectivity index is 2.69. The second-order valence-corrected chi connectivity index (χ2v) is 4.46. The van der Waals surface area contributed by atoms with Gasteiger partial charge in [-0.3, -0.25) is 0 Å². The van der Waals surface area contributed by atoms with E-state index in [1.807, 2.05) is 7.05 Å². The molecule has 1 aromatic rings. The minimum absolute atomic E-state index is 0.138. The zero-order chi connectivity index (χ0) is 13.6. The Bertz CT molecular complexity index is 343.